The first-order valence-electron chi connectivity index (χ1n) is 6.10. The lowest BCUT2D eigenvalue weighted by atomic mass is 10.0. The van der Waals surface area contributed by atoms with Crippen LogP contribution in [0.3, 0.4) is 0 Å². The number of imide groups is 1. The van der Waals surface area contributed by atoms with E-state index in [2.05, 4.69) is 5.32 Å². The summed E-state index contributed by atoms with van der Waals surface area (Å²) < 4.78 is 26.4. The molecule has 1 fully saturated rings. The van der Waals surface area contributed by atoms with Crippen LogP contribution in [0.15, 0.2) is 29.2 Å². The van der Waals surface area contributed by atoms with Gasteiger partial charge in [-0.25, -0.2) is 8.42 Å². The van der Waals surface area contributed by atoms with Crippen LogP contribution in [0.25, 0.3) is 0 Å². The molecule has 1 aliphatic heterocycles. The van der Waals surface area contributed by atoms with Crippen LogP contribution in [0.2, 0.25) is 0 Å². The van der Waals surface area contributed by atoms with Gasteiger partial charge in [0.25, 0.3) is 0 Å². The summed E-state index contributed by atoms with van der Waals surface area (Å²) in [6.45, 7) is 4.26. The Morgan fingerprint density at radius 2 is 1.80 bits per heavy atom. The van der Waals surface area contributed by atoms with E-state index in [-0.39, 0.29) is 11.4 Å². The van der Waals surface area contributed by atoms with Gasteiger partial charge in [-0.05, 0) is 32.4 Å². The van der Waals surface area contributed by atoms with Crippen LogP contribution in [0.4, 0.5) is 0 Å². The molecule has 2 rings (SSSR count). The van der Waals surface area contributed by atoms with Gasteiger partial charge in [0.1, 0.15) is 5.54 Å². The largest absolute Gasteiger partial charge is 0.294 e. The molecule has 1 aromatic rings. The van der Waals surface area contributed by atoms with Gasteiger partial charge >= 0.3 is 0 Å². The molecule has 0 spiro atoms. The van der Waals surface area contributed by atoms with E-state index in [1.807, 2.05) is 0 Å². The fourth-order valence-corrected chi connectivity index (χ4v) is 4.04. The van der Waals surface area contributed by atoms with Crippen molar-refractivity contribution in [1.82, 2.24) is 9.62 Å². The molecule has 0 unspecified atom stereocenters. The van der Waals surface area contributed by atoms with Gasteiger partial charge in [0.15, 0.2) is 0 Å². The SMILES string of the molecule is Cc1ccccc1S(=O)(=O)N1CC(=O)NC(=O)C1(C)C. The molecule has 0 radical (unpaired) electrons. The second-order valence-electron chi connectivity index (χ2n) is 5.21. The number of carbonyl (C=O) groups excluding carboxylic acids is 2. The number of benzene rings is 1. The molecule has 6 nitrogen and oxygen atoms in total. The molecule has 20 heavy (non-hydrogen) atoms. The normalized spacial score (nSPS) is 19.8. The smallest absolute Gasteiger partial charge is 0.247 e. The van der Waals surface area contributed by atoms with Gasteiger partial charge in [-0.15, -0.1) is 0 Å². The van der Waals surface area contributed by atoms with E-state index in [9.17, 15) is 18.0 Å². The summed E-state index contributed by atoms with van der Waals surface area (Å²) in [5, 5.41) is 2.15. The van der Waals surface area contributed by atoms with E-state index in [4.69, 9.17) is 0 Å². The van der Waals surface area contributed by atoms with Crippen LogP contribution < -0.4 is 5.32 Å². The lowest BCUT2D eigenvalue weighted by Gasteiger charge is -2.39. The minimum Gasteiger partial charge on any atom is -0.294 e. The zero-order chi connectivity index (χ0) is 15.1. The summed E-state index contributed by atoms with van der Waals surface area (Å²) in [6, 6.07) is 6.48. The first-order valence-corrected chi connectivity index (χ1v) is 7.54. The summed E-state index contributed by atoms with van der Waals surface area (Å²) >= 11 is 0. The maximum atomic E-state index is 12.7. The Balaban J connectivity index is 2.56. The zero-order valence-corrected chi connectivity index (χ0v) is 12.3. The number of hydrogen-bond acceptors (Lipinski definition) is 4. The average Bonchev–Trinajstić information content (AvgIpc) is 2.34. The Hall–Kier alpha value is -1.73. The third kappa shape index (κ3) is 2.23. The fourth-order valence-electron chi connectivity index (χ4n) is 2.11. The fraction of sp³-hybridized carbons (Fsp3) is 0.385. The number of sulfonamides is 1. The molecule has 1 aromatic carbocycles. The first kappa shape index (κ1) is 14.7. The first-order chi connectivity index (χ1) is 9.17. The molecule has 1 aliphatic rings. The minimum absolute atomic E-state index is 0.107. The molecule has 0 atom stereocenters. The van der Waals surface area contributed by atoms with Crippen molar-refractivity contribution in [1.29, 1.82) is 0 Å². The average molecular weight is 296 g/mol. The Kier molecular flexibility index (Phi) is 3.43. The summed E-state index contributed by atoms with van der Waals surface area (Å²) in [7, 11) is -3.91. The maximum Gasteiger partial charge on any atom is 0.247 e. The molecular weight excluding hydrogens is 280 g/mol. The summed E-state index contributed by atoms with van der Waals surface area (Å²) in [5.41, 5.74) is -0.739. The minimum atomic E-state index is -3.91. The quantitative estimate of drug-likeness (QED) is 0.802. The molecule has 1 saturated heterocycles. The van der Waals surface area contributed by atoms with Crippen LogP contribution >= 0.6 is 0 Å². The van der Waals surface area contributed by atoms with Crippen LogP contribution in [0, 0.1) is 6.92 Å². The van der Waals surface area contributed by atoms with Crippen molar-refractivity contribution in [2.45, 2.75) is 31.2 Å². The Labute approximate surface area is 117 Å². The lowest BCUT2D eigenvalue weighted by Crippen LogP contribution is -2.65. The van der Waals surface area contributed by atoms with Crippen molar-refractivity contribution in [2.75, 3.05) is 6.54 Å². The zero-order valence-electron chi connectivity index (χ0n) is 11.5. The van der Waals surface area contributed by atoms with Gasteiger partial charge in [0.2, 0.25) is 21.8 Å². The maximum absolute atomic E-state index is 12.7. The number of aryl methyl sites for hydroxylation is 1. The molecule has 1 heterocycles. The third-order valence-corrected chi connectivity index (χ3v) is 5.56. The van der Waals surface area contributed by atoms with Gasteiger partial charge < -0.3 is 0 Å². The Morgan fingerprint density at radius 3 is 2.40 bits per heavy atom. The number of piperazine rings is 1. The predicted molar refractivity (Wildman–Crippen MR) is 72.3 cm³/mol. The topological polar surface area (TPSA) is 83.6 Å². The van der Waals surface area contributed by atoms with Crippen LogP contribution in [-0.2, 0) is 19.6 Å². The van der Waals surface area contributed by atoms with E-state index in [0.717, 1.165) is 4.31 Å². The van der Waals surface area contributed by atoms with Crippen molar-refractivity contribution in [3.8, 4) is 0 Å². The van der Waals surface area contributed by atoms with Gasteiger partial charge in [-0.1, -0.05) is 18.2 Å². The van der Waals surface area contributed by atoms with Gasteiger partial charge in [-0.2, -0.15) is 4.31 Å². The molecule has 7 heteroatoms. The molecule has 108 valence electrons. The van der Waals surface area contributed by atoms with Crippen molar-refractivity contribution in [3.63, 3.8) is 0 Å². The lowest BCUT2D eigenvalue weighted by molar-refractivity contribution is -0.141. The molecule has 1 N–H and O–H groups in total. The molecule has 2 amide bonds. The second-order valence-corrected chi connectivity index (χ2v) is 7.04. The number of carbonyl (C=O) groups is 2. The van der Waals surface area contributed by atoms with Crippen LogP contribution in [-0.4, -0.2) is 36.6 Å². The van der Waals surface area contributed by atoms with Crippen molar-refractivity contribution in [3.05, 3.63) is 29.8 Å². The van der Waals surface area contributed by atoms with E-state index in [1.54, 1.807) is 25.1 Å². The highest BCUT2D eigenvalue weighted by molar-refractivity contribution is 7.89. The highest BCUT2D eigenvalue weighted by Gasteiger charge is 2.47. The van der Waals surface area contributed by atoms with Crippen molar-refractivity contribution < 1.29 is 18.0 Å². The van der Waals surface area contributed by atoms with Gasteiger partial charge in [-0.3, -0.25) is 14.9 Å². The summed E-state index contributed by atoms with van der Waals surface area (Å²) in [5.74, 6) is -1.24. The monoisotopic (exact) mass is 296 g/mol. The number of nitrogens with one attached hydrogen (secondary N) is 1. The van der Waals surface area contributed by atoms with E-state index < -0.39 is 27.4 Å². The Bertz CT molecular complexity index is 679. The van der Waals surface area contributed by atoms with Crippen LogP contribution in [0.1, 0.15) is 19.4 Å². The van der Waals surface area contributed by atoms with Gasteiger partial charge in [0, 0.05) is 0 Å². The summed E-state index contributed by atoms with van der Waals surface area (Å²) in [4.78, 5) is 23.5. The highest BCUT2D eigenvalue weighted by atomic mass is 32.2. The number of hydrogen-bond donors (Lipinski definition) is 1. The number of rotatable bonds is 2. The third-order valence-electron chi connectivity index (χ3n) is 3.38. The highest BCUT2D eigenvalue weighted by Crippen LogP contribution is 2.28. The van der Waals surface area contributed by atoms with E-state index in [1.165, 1.54) is 19.9 Å². The second kappa shape index (κ2) is 4.68. The van der Waals surface area contributed by atoms with E-state index in [0.29, 0.717) is 5.56 Å². The number of nitrogens with zero attached hydrogens (tertiary/aromatic N) is 1. The molecule has 0 bridgehead atoms. The molecule has 0 aliphatic carbocycles. The standard InChI is InChI=1S/C13H16N2O4S/c1-9-6-4-5-7-10(9)20(18,19)15-8-11(16)14-12(17)13(15,2)3/h4-7H,8H2,1-3H3,(H,14,16,17). The van der Waals surface area contributed by atoms with Crippen molar-refractivity contribution >= 4 is 21.8 Å². The molecule has 0 saturated carbocycles. The molecular formula is C13H16N2O4S. The molecule has 0 aromatic heterocycles. The summed E-state index contributed by atoms with van der Waals surface area (Å²) in [6.07, 6.45) is 0. The van der Waals surface area contributed by atoms with E-state index >= 15 is 0 Å². The van der Waals surface area contributed by atoms with Crippen molar-refractivity contribution in [2.24, 2.45) is 0 Å². The van der Waals surface area contributed by atoms with Crippen LogP contribution in [0.5, 0.6) is 0 Å². The number of amides is 2. The van der Waals surface area contributed by atoms with Gasteiger partial charge in [0.05, 0.1) is 11.4 Å². The predicted octanol–water partition coefficient (Wildman–Crippen LogP) is 0.421. The Morgan fingerprint density at radius 1 is 1.20 bits per heavy atom.